The van der Waals surface area contributed by atoms with Gasteiger partial charge in [0.05, 0.1) is 16.4 Å². The van der Waals surface area contributed by atoms with Gasteiger partial charge in [-0.1, -0.05) is 0 Å². The zero-order valence-corrected chi connectivity index (χ0v) is 12.1. The molecule has 1 aromatic rings. The first-order chi connectivity index (χ1) is 9.29. The molecule has 1 aliphatic heterocycles. The maximum atomic E-state index is 12.7. The topological polar surface area (TPSA) is 89.5 Å². The summed E-state index contributed by atoms with van der Waals surface area (Å²) in [4.78, 5) is -0.676. The minimum Gasteiger partial charge on any atom is -0.381 e. The van der Waals surface area contributed by atoms with Crippen molar-refractivity contribution in [3.05, 3.63) is 24.3 Å². The smallest absolute Gasteiger partial charge is 0.332 e. The largest absolute Gasteiger partial charge is 0.381 e. The highest BCUT2D eigenvalue weighted by Gasteiger charge is 2.21. The monoisotopic (exact) mass is 323 g/mol. The van der Waals surface area contributed by atoms with Crippen LogP contribution >= 0.6 is 0 Å². The van der Waals surface area contributed by atoms with Crippen molar-refractivity contribution in [1.29, 1.82) is 0 Å². The van der Waals surface area contributed by atoms with Gasteiger partial charge in [0.25, 0.3) is 0 Å². The van der Waals surface area contributed by atoms with Crippen molar-refractivity contribution in [1.82, 2.24) is 4.72 Å². The van der Waals surface area contributed by atoms with E-state index in [1.165, 1.54) is 0 Å². The van der Waals surface area contributed by atoms with Gasteiger partial charge in [0.15, 0.2) is 0 Å². The van der Waals surface area contributed by atoms with Crippen molar-refractivity contribution in [2.45, 2.75) is 16.2 Å². The van der Waals surface area contributed by atoms with Crippen LogP contribution in [0.4, 0.5) is 3.89 Å². The normalized spacial score (nSPS) is 20.1. The molecule has 1 aromatic carbocycles. The summed E-state index contributed by atoms with van der Waals surface area (Å²) in [6, 6.07) is 3.95. The number of halogens is 1. The summed E-state index contributed by atoms with van der Waals surface area (Å²) in [5, 5.41) is 0. The lowest BCUT2D eigenvalue weighted by Crippen LogP contribution is -2.29. The van der Waals surface area contributed by atoms with E-state index >= 15 is 0 Å². The third-order valence-corrected chi connectivity index (χ3v) is 5.28. The molecule has 112 valence electrons. The minimum absolute atomic E-state index is 0.108. The number of ether oxygens (including phenoxy) is 1. The van der Waals surface area contributed by atoms with Gasteiger partial charge in [-0.2, -0.15) is 8.42 Å². The fraction of sp³-hybridized carbons (Fsp3) is 0.455. The molecule has 1 N–H and O–H groups in total. The Morgan fingerprint density at radius 1 is 1.15 bits per heavy atom. The van der Waals surface area contributed by atoms with Gasteiger partial charge in [0.1, 0.15) is 0 Å². The Kier molecular flexibility index (Phi) is 4.43. The SMILES string of the molecule is O=S(=O)(F)c1ccc(S(=O)(=O)NCC2CCOC2)cc1. The standard InChI is InChI=1S/C11H14FNO5S2/c12-19(14,15)10-1-3-11(4-2-10)20(16,17)13-7-9-5-6-18-8-9/h1-4,9,13H,5-8H2. The molecule has 2 rings (SSSR count). The summed E-state index contributed by atoms with van der Waals surface area (Å²) in [5.74, 6) is 0.135. The van der Waals surface area contributed by atoms with Gasteiger partial charge < -0.3 is 4.74 Å². The Labute approximate surface area is 117 Å². The van der Waals surface area contributed by atoms with E-state index in [1.807, 2.05) is 0 Å². The highest BCUT2D eigenvalue weighted by Crippen LogP contribution is 2.17. The summed E-state index contributed by atoms with van der Waals surface area (Å²) in [6.07, 6.45) is 0.793. The molecular weight excluding hydrogens is 309 g/mol. The fourth-order valence-electron chi connectivity index (χ4n) is 1.84. The Hall–Kier alpha value is -1.03. The van der Waals surface area contributed by atoms with Crippen molar-refractivity contribution >= 4 is 20.2 Å². The maximum absolute atomic E-state index is 12.7. The first-order valence-corrected chi connectivity index (χ1v) is 8.78. The third kappa shape index (κ3) is 3.75. The van der Waals surface area contributed by atoms with E-state index in [9.17, 15) is 20.7 Å². The second-order valence-electron chi connectivity index (χ2n) is 4.49. The highest BCUT2D eigenvalue weighted by atomic mass is 32.3. The number of nitrogens with one attached hydrogen (secondary N) is 1. The van der Waals surface area contributed by atoms with E-state index in [-0.39, 0.29) is 17.4 Å². The predicted molar refractivity (Wildman–Crippen MR) is 68.9 cm³/mol. The lowest BCUT2D eigenvalue weighted by Gasteiger charge is -2.10. The number of hydrogen-bond donors (Lipinski definition) is 1. The average molecular weight is 323 g/mol. The number of sulfonamides is 1. The van der Waals surface area contributed by atoms with E-state index in [2.05, 4.69) is 4.72 Å². The highest BCUT2D eigenvalue weighted by molar-refractivity contribution is 7.89. The molecule has 0 radical (unpaired) electrons. The molecule has 1 atom stereocenters. The Morgan fingerprint density at radius 2 is 1.75 bits per heavy atom. The summed E-state index contributed by atoms with van der Waals surface area (Å²) in [6.45, 7) is 1.39. The Bertz CT molecular complexity index is 663. The molecule has 20 heavy (non-hydrogen) atoms. The molecule has 0 aliphatic carbocycles. The van der Waals surface area contributed by atoms with Crippen LogP contribution in [0.5, 0.6) is 0 Å². The predicted octanol–water partition coefficient (Wildman–Crippen LogP) is 0.660. The van der Waals surface area contributed by atoms with Crippen molar-refractivity contribution in [3.8, 4) is 0 Å². The van der Waals surface area contributed by atoms with Crippen LogP contribution in [0.1, 0.15) is 6.42 Å². The van der Waals surface area contributed by atoms with Crippen LogP contribution in [0, 0.1) is 5.92 Å². The summed E-state index contributed by atoms with van der Waals surface area (Å²) in [5.41, 5.74) is 0. The number of hydrogen-bond acceptors (Lipinski definition) is 5. The van der Waals surface area contributed by atoms with Gasteiger partial charge in [-0.05, 0) is 36.6 Å². The van der Waals surface area contributed by atoms with Crippen molar-refractivity contribution in [2.75, 3.05) is 19.8 Å². The average Bonchev–Trinajstić information content (AvgIpc) is 2.89. The van der Waals surface area contributed by atoms with E-state index in [0.29, 0.717) is 13.2 Å². The van der Waals surface area contributed by atoms with Crippen LogP contribution in [0.15, 0.2) is 34.1 Å². The van der Waals surface area contributed by atoms with Crippen LogP contribution in [0.25, 0.3) is 0 Å². The van der Waals surface area contributed by atoms with Gasteiger partial charge in [-0.25, -0.2) is 13.1 Å². The van der Waals surface area contributed by atoms with Crippen molar-refractivity contribution < 1.29 is 25.5 Å². The first kappa shape index (κ1) is 15.4. The van der Waals surface area contributed by atoms with Crippen LogP contribution in [-0.4, -0.2) is 36.6 Å². The summed E-state index contributed by atoms with van der Waals surface area (Å²) >= 11 is 0. The second-order valence-corrected chi connectivity index (χ2v) is 7.60. The Morgan fingerprint density at radius 3 is 2.25 bits per heavy atom. The third-order valence-electron chi connectivity index (χ3n) is 3.00. The van der Waals surface area contributed by atoms with Gasteiger partial charge in [-0.15, -0.1) is 3.89 Å². The minimum atomic E-state index is -4.82. The molecule has 6 nitrogen and oxygen atoms in total. The fourth-order valence-corrected chi connectivity index (χ4v) is 3.41. The Balaban J connectivity index is 2.09. The van der Waals surface area contributed by atoms with Gasteiger partial charge in [-0.3, -0.25) is 0 Å². The molecule has 0 spiro atoms. The van der Waals surface area contributed by atoms with Gasteiger partial charge >= 0.3 is 10.2 Å². The van der Waals surface area contributed by atoms with Crippen LogP contribution in [-0.2, 0) is 25.0 Å². The molecule has 1 fully saturated rings. The van der Waals surface area contributed by atoms with Crippen molar-refractivity contribution in [3.63, 3.8) is 0 Å². The molecule has 1 saturated heterocycles. The second kappa shape index (κ2) is 5.76. The van der Waals surface area contributed by atoms with Crippen LogP contribution < -0.4 is 4.72 Å². The lowest BCUT2D eigenvalue weighted by atomic mass is 10.1. The molecule has 0 saturated carbocycles. The van der Waals surface area contributed by atoms with Crippen molar-refractivity contribution in [2.24, 2.45) is 5.92 Å². The molecule has 1 aliphatic rings. The molecule has 0 bridgehead atoms. The van der Waals surface area contributed by atoms with Gasteiger partial charge in [0, 0.05) is 13.2 Å². The molecule has 1 unspecified atom stereocenters. The zero-order chi connectivity index (χ0) is 14.8. The molecule has 9 heteroatoms. The summed E-state index contributed by atoms with van der Waals surface area (Å²) < 4.78 is 65.5. The van der Waals surface area contributed by atoms with Crippen LogP contribution in [0.2, 0.25) is 0 Å². The van der Waals surface area contributed by atoms with Crippen LogP contribution in [0.3, 0.4) is 0 Å². The van der Waals surface area contributed by atoms with E-state index in [4.69, 9.17) is 4.74 Å². The van der Waals surface area contributed by atoms with Gasteiger partial charge in [0.2, 0.25) is 10.0 Å². The van der Waals surface area contributed by atoms with E-state index < -0.39 is 25.1 Å². The first-order valence-electron chi connectivity index (χ1n) is 5.91. The maximum Gasteiger partial charge on any atom is 0.332 e. The zero-order valence-electron chi connectivity index (χ0n) is 10.5. The molecular formula is C11H14FNO5S2. The quantitative estimate of drug-likeness (QED) is 0.804. The number of benzene rings is 1. The van der Waals surface area contributed by atoms with E-state index in [0.717, 1.165) is 30.7 Å². The lowest BCUT2D eigenvalue weighted by molar-refractivity contribution is 0.186. The van der Waals surface area contributed by atoms with E-state index in [1.54, 1.807) is 0 Å². The number of rotatable bonds is 5. The molecule has 0 aromatic heterocycles. The summed E-state index contributed by atoms with van der Waals surface area (Å²) in [7, 11) is -8.56. The molecule has 0 amide bonds. The molecule has 1 heterocycles.